The van der Waals surface area contributed by atoms with Gasteiger partial charge in [-0.05, 0) is 40.9 Å². The Morgan fingerprint density at radius 2 is 1.86 bits per heavy atom. The summed E-state index contributed by atoms with van der Waals surface area (Å²) in [7, 11) is 0. The fourth-order valence-corrected chi connectivity index (χ4v) is 4.13. The Balaban J connectivity index is 1.55. The van der Waals surface area contributed by atoms with E-state index >= 15 is 0 Å². The minimum Gasteiger partial charge on any atom is -0.480 e. The molecule has 0 spiro atoms. The van der Waals surface area contributed by atoms with Crippen molar-refractivity contribution in [3.63, 3.8) is 0 Å². The topological polar surface area (TPSA) is 56.7 Å². The quantitative estimate of drug-likeness (QED) is 0.739. The standard InChI is InChI=1S/C23H25N3O2/c27-23(28)22(21-10-3-8-19-7-1-2-9-20(19)21)26-13-5-12-25(14-15-26)17-18-6-4-11-24-16-18/h1-4,6-11,16,22H,5,12-15,17H2,(H,27,28)/t22-/m0/s1. The largest absolute Gasteiger partial charge is 0.480 e. The Bertz CT molecular complexity index is 939. The average Bonchev–Trinajstić information content (AvgIpc) is 2.94. The van der Waals surface area contributed by atoms with E-state index in [9.17, 15) is 9.90 Å². The highest BCUT2D eigenvalue weighted by Gasteiger charge is 2.30. The van der Waals surface area contributed by atoms with Crippen LogP contribution in [0.5, 0.6) is 0 Å². The van der Waals surface area contributed by atoms with Crippen LogP contribution in [0, 0.1) is 0 Å². The molecule has 1 aliphatic heterocycles. The van der Waals surface area contributed by atoms with E-state index in [0.29, 0.717) is 0 Å². The molecule has 2 aromatic carbocycles. The third kappa shape index (κ3) is 4.06. The summed E-state index contributed by atoms with van der Waals surface area (Å²) in [4.78, 5) is 21.0. The third-order valence-corrected chi connectivity index (χ3v) is 5.47. The Kier molecular flexibility index (Phi) is 5.65. The van der Waals surface area contributed by atoms with E-state index in [1.54, 1.807) is 6.20 Å². The second-order valence-electron chi connectivity index (χ2n) is 7.34. The number of rotatable bonds is 5. The molecule has 5 nitrogen and oxygen atoms in total. The highest BCUT2D eigenvalue weighted by Crippen LogP contribution is 2.29. The number of carbonyl (C=O) groups is 1. The van der Waals surface area contributed by atoms with Gasteiger partial charge in [0.15, 0.2) is 0 Å². The number of fused-ring (bicyclic) bond motifs is 1. The third-order valence-electron chi connectivity index (χ3n) is 5.47. The van der Waals surface area contributed by atoms with E-state index in [1.165, 1.54) is 5.56 Å². The predicted octanol–water partition coefficient (Wildman–Crippen LogP) is 3.57. The van der Waals surface area contributed by atoms with Gasteiger partial charge in [0, 0.05) is 38.6 Å². The van der Waals surface area contributed by atoms with Gasteiger partial charge in [0.25, 0.3) is 0 Å². The molecule has 0 unspecified atom stereocenters. The van der Waals surface area contributed by atoms with Gasteiger partial charge >= 0.3 is 5.97 Å². The summed E-state index contributed by atoms with van der Waals surface area (Å²) in [6.07, 6.45) is 4.64. The number of hydrogen-bond acceptors (Lipinski definition) is 4. The lowest BCUT2D eigenvalue weighted by molar-refractivity contribution is -0.143. The maximum Gasteiger partial charge on any atom is 0.325 e. The van der Waals surface area contributed by atoms with Crippen LogP contribution in [0.25, 0.3) is 10.8 Å². The molecule has 1 aromatic heterocycles. The minimum absolute atomic E-state index is 0.621. The fourth-order valence-electron chi connectivity index (χ4n) is 4.13. The first-order chi connectivity index (χ1) is 13.7. The summed E-state index contributed by atoms with van der Waals surface area (Å²) < 4.78 is 0. The van der Waals surface area contributed by atoms with Gasteiger partial charge in [-0.1, -0.05) is 48.5 Å². The van der Waals surface area contributed by atoms with Crippen molar-refractivity contribution in [1.29, 1.82) is 0 Å². The van der Waals surface area contributed by atoms with Crippen LogP contribution in [0.3, 0.4) is 0 Å². The first-order valence-corrected chi connectivity index (χ1v) is 9.78. The number of aliphatic carboxylic acids is 1. The summed E-state index contributed by atoms with van der Waals surface area (Å²) in [6.45, 7) is 4.19. The number of nitrogens with zero attached hydrogens (tertiary/aromatic N) is 3. The van der Waals surface area contributed by atoms with Crippen LogP contribution in [0.1, 0.15) is 23.6 Å². The van der Waals surface area contributed by atoms with Gasteiger partial charge in [0.2, 0.25) is 0 Å². The van der Waals surface area contributed by atoms with E-state index in [2.05, 4.69) is 20.9 Å². The van der Waals surface area contributed by atoms with Gasteiger partial charge in [-0.2, -0.15) is 0 Å². The molecule has 5 heteroatoms. The molecule has 0 amide bonds. The highest BCUT2D eigenvalue weighted by atomic mass is 16.4. The monoisotopic (exact) mass is 375 g/mol. The minimum atomic E-state index is -0.780. The van der Waals surface area contributed by atoms with Crippen LogP contribution in [-0.2, 0) is 11.3 Å². The highest BCUT2D eigenvalue weighted by molar-refractivity contribution is 5.90. The second kappa shape index (κ2) is 8.50. The molecule has 4 rings (SSSR count). The lowest BCUT2D eigenvalue weighted by atomic mass is 9.97. The smallest absolute Gasteiger partial charge is 0.325 e. The molecule has 0 saturated carbocycles. The molecular formula is C23H25N3O2. The molecule has 28 heavy (non-hydrogen) atoms. The lowest BCUT2D eigenvalue weighted by Crippen LogP contribution is -2.37. The van der Waals surface area contributed by atoms with Gasteiger partial charge in [0.1, 0.15) is 6.04 Å². The summed E-state index contributed by atoms with van der Waals surface area (Å²) in [5, 5.41) is 12.2. The van der Waals surface area contributed by atoms with Crippen LogP contribution in [-0.4, -0.2) is 52.0 Å². The van der Waals surface area contributed by atoms with Crippen LogP contribution < -0.4 is 0 Å². The Morgan fingerprint density at radius 1 is 1.00 bits per heavy atom. The Morgan fingerprint density at radius 3 is 2.68 bits per heavy atom. The van der Waals surface area contributed by atoms with Gasteiger partial charge in [-0.15, -0.1) is 0 Å². The maximum atomic E-state index is 12.3. The SMILES string of the molecule is O=C(O)[C@H](c1cccc2ccccc12)N1CCCN(Cc2cccnc2)CC1. The number of aromatic nitrogens is 1. The lowest BCUT2D eigenvalue weighted by Gasteiger charge is -2.28. The van der Waals surface area contributed by atoms with Crippen molar-refractivity contribution < 1.29 is 9.90 Å². The fraction of sp³-hybridized carbons (Fsp3) is 0.304. The molecule has 1 N–H and O–H groups in total. The summed E-state index contributed by atoms with van der Waals surface area (Å²) >= 11 is 0. The second-order valence-corrected chi connectivity index (χ2v) is 7.34. The van der Waals surface area contributed by atoms with Crippen molar-refractivity contribution in [3.05, 3.63) is 78.1 Å². The molecule has 0 radical (unpaired) electrons. The molecule has 3 aromatic rings. The zero-order chi connectivity index (χ0) is 19.3. The predicted molar refractivity (Wildman–Crippen MR) is 110 cm³/mol. The van der Waals surface area contributed by atoms with Crippen molar-refractivity contribution in [2.45, 2.75) is 19.0 Å². The summed E-state index contributed by atoms with van der Waals surface area (Å²) in [5.74, 6) is -0.780. The van der Waals surface area contributed by atoms with Crippen LogP contribution >= 0.6 is 0 Å². The molecule has 144 valence electrons. The molecule has 0 bridgehead atoms. The van der Waals surface area contributed by atoms with Gasteiger partial charge < -0.3 is 5.11 Å². The summed E-state index contributed by atoms with van der Waals surface area (Å²) in [5.41, 5.74) is 2.08. The van der Waals surface area contributed by atoms with Crippen molar-refractivity contribution in [2.75, 3.05) is 26.2 Å². The average molecular weight is 375 g/mol. The zero-order valence-electron chi connectivity index (χ0n) is 15.9. The van der Waals surface area contributed by atoms with Crippen molar-refractivity contribution in [3.8, 4) is 0 Å². The number of hydrogen-bond donors (Lipinski definition) is 1. The molecular weight excluding hydrogens is 350 g/mol. The van der Waals surface area contributed by atoms with Crippen molar-refractivity contribution in [1.82, 2.24) is 14.8 Å². The van der Waals surface area contributed by atoms with E-state index in [4.69, 9.17) is 0 Å². The Labute approximate surface area is 165 Å². The first-order valence-electron chi connectivity index (χ1n) is 9.78. The molecule has 1 fully saturated rings. The maximum absolute atomic E-state index is 12.3. The van der Waals surface area contributed by atoms with Crippen LogP contribution in [0.15, 0.2) is 67.0 Å². The number of pyridine rings is 1. The summed E-state index contributed by atoms with van der Waals surface area (Å²) in [6, 6.07) is 17.4. The molecule has 0 aliphatic carbocycles. The molecule has 1 atom stereocenters. The number of carboxylic acids is 1. The van der Waals surface area contributed by atoms with Gasteiger partial charge in [-0.3, -0.25) is 19.6 Å². The van der Waals surface area contributed by atoms with E-state index in [0.717, 1.165) is 55.5 Å². The van der Waals surface area contributed by atoms with Crippen LogP contribution in [0.4, 0.5) is 0 Å². The first kappa shape index (κ1) is 18.6. The Hall–Kier alpha value is -2.76. The van der Waals surface area contributed by atoms with Gasteiger partial charge in [-0.25, -0.2) is 0 Å². The van der Waals surface area contributed by atoms with Crippen molar-refractivity contribution >= 4 is 16.7 Å². The van der Waals surface area contributed by atoms with Crippen LogP contribution in [0.2, 0.25) is 0 Å². The van der Waals surface area contributed by atoms with E-state index in [-0.39, 0.29) is 0 Å². The molecule has 1 saturated heterocycles. The molecule has 2 heterocycles. The normalized spacial score (nSPS) is 17.3. The van der Waals surface area contributed by atoms with E-state index in [1.807, 2.05) is 54.7 Å². The van der Waals surface area contributed by atoms with Gasteiger partial charge in [0.05, 0.1) is 0 Å². The van der Waals surface area contributed by atoms with E-state index < -0.39 is 12.0 Å². The van der Waals surface area contributed by atoms with Crippen molar-refractivity contribution in [2.24, 2.45) is 0 Å². The zero-order valence-corrected chi connectivity index (χ0v) is 15.9. The number of carboxylic acid groups (broad SMARTS) is 1. The number of benzene rings is 2. The molecule has 1 aliphatic rings.